The number of hydrogen-bond acceptors (Lipinski definition) is 6. The van der Waals surface area contributed by atoms with E-state index in [0.29, 0.717) is 57.4 Å². The number of nitrogens with zero attached hydrogens (tertiary/aromatic N) is 6. The highest BCUT2D eigenvalue weighted by molar-refractivity contribution is 5.74. The number of nitrogens with one attached hydrogen (secondary N) is 1. The van der Waals surface area contributed by atoms with Crippen LogP contribution in [-0.2, 0) is 11.3 Å². The molecule has 2 amide bonds. The fraction of sp³-hybridized carbons (Fsp3) is 0.476. The Morgan fingerprint density at radius 3 is 2.52 bits per heavy atom. The lowest BCUT2D eigenvalue weighted by molar-refractivity contribution is 0.0410. The molecule has 2 aliphatic rings. The van der Waals surface area contributed by atoms with Crippen LogP contribution >= 0.6 is 0 Å². The molecule has 2 aliphatic heterocycles. The van der Waals surface area contributed by atoms with Crippen LogP contribution < -0.4 is 5.56 Å². The first-order valence-electron chi connectivity index (χ1n) is 10.7. The van der Waals surface area contributed by atoms with Crippen molar-refractivity contribution in [2.45, 2.75) is 25.3 Å². The predicted molar refractivity (Wildman–Crippen MR) is 113 cm³/mol. The summed E-state index contributed by atoms with van der Waals surface area (Å²) in [5.41, 5.74) is 1.54. The van der Waals surface area contributed by atoms with Crippen molar-refractivity contribution in [3.8, 4) is 0 Å². The number of urea groups is 1. The number of carbonyl (C=O) groups excluding carboxylic acids is 1. The van der Waals surface area contributed by atoms with E-state index < -0.39 is 0 Å². The second-order valence-electron chi connectivity index (χ2n) is 8.00. The largest absolute Gasteiger partial charge is 0.378 e. The van der Waals surface area contributed by atoms with Crippen LogP contribution in [0.3, 0.4) is 0 Å². The number of ether oxygens (including phenoxy) is 1. The highest BCUT2D eigenvalue weighted by Gasteiger charge is 2.29. The molecule has 2 aromatic heterocycles. The third-order valence-corrected chi connectivity index (χ3v) is 6.00. The number of benzene rings is 1. The Hall–Kier alpha value is -3.27. The maximum atomic E-state index is 12.7. The van der Waals surface area contributed by atoms with Crippen molar-refractivity contribution in [3.05, 3.63) is 52.1 Å². The second-order valence-corrected chi connectivity index (χ2v) is 8.00. The summed E-state index contributed by atoms with van der Waals surface area (Å²) in [6, 6.07) is 9.97. The van der Waals surface area contributed by atoms with Gasteiger partial charge in [-0.3, -0.25) is 4.79 Å². The van der Waals surface area contributed by atoms with Crippen molar-refractivity contribution in [2.75, 3.05) is 39.4 Å². The zero-order chi connectivity index (χ0) is 21.2. The Bertz CT molecular complexity index is 1110. The van der Waals surface area contributed by atoms with E-state index in [2.05, 4.69) is 15.3 Å². The Balaban J connectivity index is 1.32. The van der Waals surface area contributed by atoms with Gasteiger partial charge in [0.05, 0.1) is 19.8 Å². The van der Waals surface area contributed by atoms with E-state index in [-0.39, 0.29) is 23.0 Å². The first kappa shape index (κ1) is 19.7. The third-order valence-electron chi connectivity index (χ3n) is 6.00. The molecular formula is C21H25N7O3. The van der Waals surface area contributed by atoms with E-state index in [1.54, 1.807) is 4.68 Å². The average molecular weight is 423 g/mol. The molecule has 0 aliphatic carbocycles. The van der Waals surface area contributed by atoms with E-state index >= 15 is 0 Å². The number of aromatic amines is 1. The molecule has 162 valence electrons. The number of hydrogen-bond donors (Lipinski definition) is 1. The summed E-state index contributed by atoms with van der Waals surface area (Å²) in [5, 5.41) is 8.17. The molecule has 2 saturated heterocycles. The first-order valence-corrected chi connectivity index (χ1v) is 10.7. The fourth-order valence-electron chi connectivity index (χ4n) is 4.24. The summed E-state index contributed by atoms with van der Waals surface area (Å²) in [5.74, 6) is 0.735. The maximum absolute atomic E-state index is 12.7. The SMILES string of the molecule is O=C(N1CCOCC1)N1CCC(c2nc3c(nnn3Cc3ccccc3)c(=O)[nH]2)CC1. The lowest BCUT2D eigenvalue weighted by Crippen LogP contribution is -2.50. The zero-order valence-electron chi connectivity index (χ0n) is 17.2. The zero-order valence-corrected chi connectivity index (χ0v) is 17.2. The fourth-order valence-corrected chi connectivity index (χ4v) is 4.24. The summed E-state index contributed by atoms with van der Waals surface area (Å²) in [4.78, 5) is 36.7. The number of carbonyl (C=O) groups is 1. The molecular weight excluding hydrogens is 398 g/mol. The lowest BCUT2D eigenvalue weighted by Gasteiger charge is -2.36. The lowest BCUT2D eigenvalue weighted by atomic mass is 9.96. The first-order chi connectivity index (χ1) is 15.2. The number of fused-ring (bicyclic) bond motifs is 1. The van der Waals surface area contributed by atoms with Gasteiger partial charge in [-0.2, -0.15) is 0 Å². The van der Waals surface area contributed by atoms with Crippen LogP contribution in [0, 0.1) is 0 Å². The van der Waals surface area contributed by atoms with Crippen molar-refractivity contribution in [3.63, 3.8) is 0 Å². The van der Waals surface area contributed by atoms with Gasteiger partial charge in [0.2, 0.25) is 0 Å². The van der Waals surface area contributed by atoms with Crippen molar-refractivity contribution in [2.24, 2.45) is 0 Å². The van der Waals surface area contributed by atoms with Crippen LogP contribution in [0.2, 0.25) is 0 Å². The predicted octanol–water partition coefficient (Wildman–Crippen LogP) is 1.19. The number of amides is 2. The smallest absolute Gasteiger partial charge is 0.320 e. The number of likely N-dealkylation sites (tertiary alicyclic amines) is 1. The van der Waals surface area contributed by atoms with Gasteiger partial charge in [0.1, 0.15) is 5.82 Å². The number of rotatable bonds is 3. The van der Waals surface area contributed by atoms with Crippen LogP contribution in [0.1, 0.15) is 30.1 Å². The molecule has 0 unspecified atom stereocenters. The van der Waals surface area contributed by atoms with Gasteiger partial charge in [-0.05, 0) is 18.4 Å². The highest BCUT2D eigenvalue weighted by atomic mass is 16.5. The van der Waals surface area contributed by atoms with Gasteiger partial charge in [-0.1, -0.05) is 35.5 Å². The minimum Gasteiger partial charge on any atom is -0.378 e. The van der Waals surface area contributed by atoms with Gasteiger partial charge in [-0.15, -0.1) is 5.10 Å². The van der Waals surface area contributed by atoms with Gasteiger partial charge in [0.25, 0.3) is 5.56 Å². The molecule has 0 saturated carbocycles. The van der Waals surface area contributed by atoms with Crippen molar-refractivity contribution in [1.82, 2.24) is 34.8 Å². The molecule has 10 heteroatoms. The van der Waals surface area contributed by atoms with Crippen molar-refractivity contribution >= 4 is 17.2 Å². The Kier molecular flexibility index (Phi) is 5.37. The van der Waals surface area contributed by atoms with E-state index in [1.165, 1.54) is 0 Å². The molecule has 0 atom stereocenters. The molecule has 31 heavy (non-hydrogen) atoms. The van der Waals surface area contributed by atoms with E-state index in [0.717, 1.165) is 18.4 Å². The van der Waals surface area contributed by atoms with Gasteiger partial charge < -0.3 is 19.5 Å². The van der Waals surface area contributed by atoms with Crippen molar-refractivity contribution < 1.29 is 9.53 Å². The summed E-state index contributed by atoms with van der Waals surface area (Å²) in [6.07, 6.45) is 1.51. The van der Waals surface area contributed by atoms with Crippen molar-refractivity contribution in [1.29, 1.82) is 0 Å². The quantitative estimate of drug-likeness (QED) is 0.678. The normalized spacial score (nSPS) is 17.9. The molecule has 2 fully saturated rings. The van der Waals surface area contributed by atoms with Crippen LogP contribution in [-0.4, -0.2) is 80.2 Å². The minimum atomic E-state index is -0.272. The molecule has 3 aromatic rings. The Morgan fingerprint density at radius 2 is 1.77 bits per heavy atom. The van der Waals surface area contributed by atoms with Crippen LogP contribution in [0.5, 0.6) is 0 Å². The molecule has 1 N–H and O–H groups in total. The Labute approximate surface area is 178 Å². The molecule has 0 radical (unpaired) electrons. The second kappa shape index (κ2) is 8.46. The van der Waals surface area contributed by atoms with E-state index in [9.17, 15) is 9.59 Å². The molecule has 5 rings (SSSR count). The highest BCUT2D eigenvalue weighted by Crippen LogP contribution is 2.26. The number of aromatic nitrogens is 5. The Morgan fingerprint density at radius 1 is 1.06 bits per heavy atom. The van der Waals surface area contributed by atoms with Crippen LogP contribution in [0.15, 0.2) is 35.1 Å². The topological polar surface area (TPSA) is 109 Å². The maximum Gasteiger partial charge on any atom is 0.320 e. The minimum absolute atomic E-state index is 0.0730. The van der Waals surface area contributed by atoms with Crippen LogP contribution in [0.4, 0.5) is 4.79 Å². The average Bonchev–Trinajstić information content (AvgIpc) is 3.23. The number of morpholine rings is 1. The number of H-pyrrole nitrogens is 1. The summed E-state index contributed by atoms with van der Waals surface area (Å²) in [6.45, 7) is 4.26. The number of piperidine rings is 1. The van der Waals surface area contributed by atoms with Crippen LogP contribution in [0.25, 0.3) is 11.2 Å². The van der Waals surface area contributed by atoms with Gasteiger partial charge in [0.15, 0.2) is 11.2 Å². The summed E-state index contributed by atoms with van der Waals surface area (Å²) >= 11 is 0. The molecule has 10 nitrogen and oxygen atoms in total. The monoisotopic (exact) mass is 423 g/mol. The summed E-state index contributed by atoms with van der Waals surface area (Å²) < 4.78 is 7.00. The van der Waals surface area contributed by atoms with E-state index in [4.69, 9.17) is 9.72 Å². The van der Waals surface area contributed by atoms with Gasteiger partial charge in [0, 0.05) is 32.1 Å². The molecule has 1 aromatic carbocycles. The standard InChI is InChI=1S/C21H25N7O3/c29-20-17-19(28(25-24-17)14-15-4-2-1-3-5-15)22-18(23-20)16-6-8-26(9-7-16)21(30)27-10-12-31-13-11-27/h1-5,16H,6-14H2,(H,22,23,29). The van der Waals surface area contributed by atoms with Gasteiger partial charge in [-0.25, -0.2) is 14.5 Å². The summed E-state index contributed by atoms with van der Waals surface area (Å²) in [7, 11) is 0. The molecule has 0 bridgehead atoms. The molecule has 0 spiro atoms. The van der Waals surface area contributed by atoms with E-state index in [1.807, 2.05) is 40.1 Å². The van der Waals surface area contributed by atoms with Gasteiger partial charge >= 0.3 is 6.03 Å². The molecule has 4 heterocycles. The third kappa shape index (κ3) is 4.02.